The second kappa shape index (κ2) is 5.48. The lowest BCUT2D eigenvalue weighted by molar-refractivity contribution is 0.0221. The smallest absolute Gasteiger partial charge is 0.341 e. The van der Waals surface area contributed by atoms with Gasteiger partial charge in [-0.05, 0) is 30.3 Å². The van der Waals surface area contributed by atoms with Crippen LogP contribution < -0.4 is 4.74 Å². The summed E-state index contributed by atoms with van der Waals surface area (Å²) in [5.41, 5.74) is -2.03. The molecule has 0 unspecified atom stereocenters. The standard InChI is InChI=1S/C21H11FO7/c22-14-6-5-13-17(18(14)19(25)26)20(27)29-21(13)11-3-1-9(23)7-15(11)28-16-8-10(24)2-4-12(16)21/h1-8,23-24H,(H,25,26). The number of phenolic OH excluding ortho intramolecular Hbond substituents is 2. The molecule has 0 atom stereocenters. The van der Waals surface area contributed by atoms with E-state index in [0.717, 1.165) is 6.07 Å². The van der Waals surface area contributed by atoms with Crippen molar-refractivity contribution in [3.05, 3.63) is 82.2 Å². The normalized spacial score (nSPS) is 15.1. The molecule has 3 N–H and O–H groups in total. The van der Waals surface area contributed by atoms with Crippen LogP contribution in [0.1, 0.15) is 37.4 Å². The van der Waals surface area contributed by atoms with Crippen molar-refractivity contribution in [2.75, 3.05) is 0 Å². The first kappa shape index (κ1) is 17.1. The molecule has 3 aromatic carbocycles. The zero-order valence-electron chi connectivity index (χ0n) is 14.5. The van der Waals surface area contributed by atoms with E-state index in [-0.39, 0.29) is 28.6 Å². The minimum atomic E-state index is -1.63. The number of esters is 1. The predicted octanol–water partition coefficient (Wildman–Crippen LogP) is 3.50. The number of halogens is 1. The topological polar surface area (TPSA) is 113 Å². The monoisotopic (exact) mass is 394 g/mol. The van der Waals surface area contributed by atoms with Crippen LogP contribution in [0, 0.1) is 5.82 Å². The molecule has 0 radical (unpaired) electrons. The molecule has 3 aromatic rings. The molecule has 0 aliphatic carbocycles. The summed E-state index contributed by atoms with van der Waals surface area (Å²) in [5, 5.41) is 29.2. The maximum absolute atomic E-state index is 14.2. The van der Waals surface area contributed by atoms with Crippen molar-refractivity contribution in [1.29, 1.82) is 0 Å². The van der Waals surface area contributed by atoms with Gasteiger partial charge in [0.1, 0.15) is 34.4 Å². The minimum absolute atomic E-state index is 0.114. The van der Waals surface area contributed by atoms with Crippen LogP contribution >= 0.6 is 0 Å². The van der Waals surface area contributed by atoms with E-state index in [1.54, 1.807) is 0 Å². The maximum Gasteiger partial charge on any atom is 0.341 e. The highest BCUT2D eigenvalue weighted by Crippen LogP contribution is 2.57. The van der Waals surface area contributed by atoms with Crippen LogP contribution in [-0.2, 0) is 10.3 Å². The van der Waals surface area contributed by atoms with E-state index in [9.17, 15) is 29.3 Å². The molecular weight excluding hydrogens is 383 g/mol. The average molecular weight is 394 g/mol. The fraction of sp³-hybridized carbons (Fsp3) is 0.0476. The third kappa shape index (κ3) is 2.11. The van der Waals surface area contributed by atoms with Crippen molar-refractivity contribution in [1.82, 2.24) is 0 Å². The van der Waals surface area contributed by atoms with E-state index < -0.39 is 34.5 Å². The molecule has 7 nitrogen and oxygen atoms in total. The molecule has 144 valence electrons. The molecule has 0 amide bonds. The van der Waals surface area contributed by atoms with Crippen LogP contribution in [0.3, 0.4) is 0 Å². The Morgan fingerprint density at radius 3 is 2.00 bits per heavy atom. The van der Waals surface area contributed by atoms with Gasteiger partial charge in [-0.2, -0.15) is 0 Å². The highest BCUT2D eigenvalue weighted by atomic mass is 19.1. The van der Waals surface area contributed by atoms with Crippen molar-refractivity contribution in [2.45, 2.75) is 5.60 Å². The summed E-state index contributed by atoms with van der Waals surface area (Å²) >= 11 is 0. The summed E-state index contributed by atoms with van der Waals surface area (Å²) in [6, 6.07) is 10.5. The number of fused-ring (bicyclic) bond motifs is 6. The Morgan fingerprint density at radius 1 is 0.897 bits per heavy atom. The van der Waals surface area contributed by atoms with Gasteiger partial charge < -0.3 is 24.8 Å². The van der Waals surface area contributed by atoms with E-state index in [2.05, 4.69) is 0 Å². The van der Waals surface area contributed by atoms with Crippen LogP contribution in [0.5, 0.6) is 23.0 Å². The third-order valence-corrected chi connectivity index (χ3v) is 5.11. The Bertz CT molecular complexity index is 1200. The van der Waals surface area contributed by atoms with Crippen molar-refractivity contribution in [3.63, 3.8) is 0 Å². The summed E-state index contributed by atoms with van der Waals surface area (Å²) < 4.78 is 25.7. The number of carbonyl (C=O) groups is 2. The second-order valence-corrected chi connectivity index (χ2v) is 6.68. The average Bonchev–Trinajstić information content (AvgIpc) is 2.94. The number of carboxylic acids is 1. The lowest BCUT2D eigenvalue weighted by Crippen LogP contribution is -2.33. The number of hydrogen-bond donors (Lipinski definition) is 3. The van der Waals surface area contributed by atoms with E-state index in [0.29, 0.717) is 11.1 Å². The maximum atomic E-state index is 14.2. The molecule has 8 heteroatoms. The molecule has 5 rings (SSSR count). The summed E-state index contributed by atoms with van der Waals surface area (Å²) in [6.07, 6.45) is 0. The number of carbonyl (C=O) groups excluding carboxylic acids is 1. The van der Waals surface area contributed by atoms with Crippen LogP contribution in [-0.4, -0.2) is 27.3 Å². The van der Waals surface area contributed by atoms with E-state index in [4.69, 9.17) is 9.47 Å². The van der Waals surface area contributed by atoms with Gasteiger partial charge in [-0.3, -0.25) is 0 Å². The Morgan fingerprint density at radius 2 is 1.45 bits per heavy atom. The molecule has 2 aliphatic heterocycles. The summed E-state index contributed by atoms with van der Waals surface area (Å²) in [6.45, 7) is 0. The zero-order valence-corrected chi connectivity index (χ0v) is 14.5. The molecule has 1 spiro atoms. The largest absolute Gasteiger partial charge is 0.508 e. The van der Waals surface area contributed by atoms with E-state index >= 15 is 0 Å². The van der Waals surface area contributed by atoms with Gasteiger partial charge >= 0.3 is 11.9 Å². The second-order valence-electron chi connectivity index (χ2n) is 6.68. The Kier molecular flexibility index (Phi) is 3.22. The molecule has 2 heterocycles. The number of carboxylic acid groups (broad SMARTS) is 1. The highest BCUT2D eigenvalue weighted by molar-refractivity contribution is 6.06. The van der Waals surface area contributed by atoms with Gasteiger partial charge in [0.15, 0.2) is 5.60 Å². The minimum Gasteiger partial charge on any atom is -0.508 e. The molecular formula is C21H11FO7. The molecule has 0 fully saturated rings. The zero-order chi connectivity index (χ0) is 20.5. The Hall–Kier alpha value is -4.07. The molecule has 2 aliphatic rings. The fourth-order valence-corrected chi connectivity index (χ4v) is 3.97. The number of aromatic carboxylic acids is 1. The molecule has 0 aromatic heterocycles. The number of rotatable bonds is 1. The van der Waals surface area contributed by atoms with Crippen LogP contribution in [0.4, 0.5) is 4.39 Å². The lowest BCUT2D eigenvalue weighted by atomic mass is 9.77. The Balaban J connectivity index is 1.93. The van der Waals surface area contributed by atoms with Gasteiger partial charge in [0.25, 0.3) is 0 Å². The summed E-state index contributed by atoms with van der Waals surface area (Å²) in [4.78, 5) is 24.4. The number of benzene rings is 3. The molecule has 0 saturated heterocycles. The third-order valence-electron chi connectivity index (χ3n) is 5.11. The predicted molar refractivity (Wildman–Crippen MR) is 94.9 cm³/mol. The lowest BCUT2D eigenvalue weighted by Gasteiger charge is -2.36. The first-order valence-electron chi connectivity index (χ1n) is 8.47. The van der Waals surface area contributed by atoms with Gasteiger partial charge in [0.2, 0.25) is 0 Å². The SMILES string of the molecule is O=C(O)c1c(F)ccc2c1C(=O)OC21c2ccc(O)cc2Oc2cc(O)ccc21. The highest BCUT2D eigenvalue weighted by Gasteiger charge is 2.55. The Labute approximate surface area is 162 Å². The van der Waals surface area contributed by atoms with Crippen LogP contribution in [0.2, 0.25) is 0 Å². The number of aromatic hydroxyl groups is 2. The van der Waals surface area contributed by atoms with Crippen molar-refractivity contribution in [3.8, 4) is 23.0 Å². The van der Waals surface area contributed by atoms with Crippen molar-refractivity contribution in [2.24, 2.45) is 0 Å². The molecule has 0 saturated carbocycles. The van der Waals surface area contributed by atoms with Crippen LogP contribution in [0.15, 0.2) is 48.5 Å². The first-order chi connectivity index (χ1) is 13.8. The summed E-state index contributed by atoms with van der Waals surface area (Å²) in [5.74, 6) is -3.60. The van der Waals surface area contributed by atoms with E-state index in [1.807, 2.05) is 0 Å². The van der Waals surface area contributed by atoms with Gasteiger partial charge in [0, 0.05) is 28.8 Å². The number of hydrogen-bond acceptors (Lipinski definition) is 6. The van der Waals surface area contributed by atoms with E-state index in [1.165, 1.54) is 42.5 Å². The van der Waals surface area contributed by atoms with Gasteiger partial charge in [0.05, 0.1) is 5.56 Å². The molecule has 0 bridgehead atoms. The molecule has 29 heavy (non-hydrogen) atoms. The van der Waals surface area contributed by atoms with Gasteiger partial charge in [-0.15, -0.1) is 0 Å². The van der Waals surface area contributed by atoms with Crippen LogP contribution in [0.25, 0.3) is 0 Å². The number of ether oxygens (including phenoxy) is 2. The van der Waals surface area contributed by atoms with Crippen molar-refractivity contribution < 1.29 is 38.8 Å². The van der Waals surface area contributed by atoms with Crippen molar-refractivity contribution >= 4 is 11.9 Å². The quantitative estimate of drug-likeness (QED) is 0.541. The fourth-order valence-electron chi connectivity index (χ4n) is 3.97. The summed E-state index contributed by atoms with van der Waals surface area (Å²) in [7, 11) is 0. The first-order valence-corrected chi connectivity index (χ1v) is 8.47. The van der Waals surface area contributed by atoms with Gasteiger partial charge in [-0.25, -0.2) is 14.0 Å². The van der Waals surface area contributed by atoms with Gasteiger partial charge in [-0.1, -0.05) is 6.07 Å². The number of phenols is 2.